The highest BCUT2D eigenvalue weighted by Gasteiger charge is 2.31. The molecule has 0 radical (unpaired) electrons. The van der Waals surface area contributed by atoms with E-state index in [1.54, 1.807) is 21.3 Å². The van der Waals surface area contributed by atoms with E-state index in [4.69, 9.17) is 0 Å². The van der Waals surface area contributed by atoms with E-state index in [9.17, 15) is 14.4 Å². The molecule has 1 aromatic heterocycles. The maximum Gasteiger partial charge on any atom is 0.326 e. The van der Waals surface area contributed by atoms with Crippen molar-refractivity contribution in [1.82, 2.24) is 24.7 Å². The van der Waals surface area contributed by atoms with Crippen molar-refractivity contribution in [2.75, 3.05) is 39.3 Å². The summed E-state index contributed by atoms with van der Waals surface area (Å²) in [7, 11) is 0. The Morgan fingerprint density at radius 1 is 1.03 bits per heavy atom. The van der Waals surface area contributed by atoms with Crippen LogP contribution in [0.25, 0.3) is 11.3 Å². The van der Waals surface area contributed by atoms with Crippen molar-refractivity contribution in [3.8, 4) is 11.3 Å². The van der Waals surface area contributed by atoms with Gasteiger partial charge in [-0.2, -0.15) is 0 Å². The number of hydrogen-bond donors (Lipinski definition) is 2. The number of likely N-dealkylation sites (tertiary alicyclic amines) is 1. The zero-order valence-electron chi connectivity index (χ0n) is 16.7. The summed E-state index contributed by atoms with van der Waals surface area (Å²) in [5, 5.41) is 3.24. The van der Waals surface area contributed by atoms with Crippen LogP contribution >= 0.6 is 0 Å². The maximum atomic E-state index is 13.3. The molecule has 0 bridgehead atoms. The van der Waals surface area contributed by atoms with Gasteiger partial charge < -0.3 is 20.1 Å². The molecule has 4 rings (SSSR count). The Morgan fingerprint density at radius 3 is 2.45 bits per heavy atom. The van der Waals surface area contributed by atoms with Crippen molar-refractivity contribution >= 4 is 11.8 Å². The van der Waals surface area contributed by atoms with Crippen LogP contribution in [0.3, 0.4) is 0 Å². The minimum atomic E-state index is -0.294. The van der Waals surface area contributed by atoms with Crippen molar-refractivity contribution in [2.45, 2.75) is 25.8 Å². The first-order valence-corrected chi connectivity index (χ1v) is 10.2. The lowest BCUT2D eigenvalue weighted by atomic mass is 10.0. The molecule has 1 atom stereocenters. The summed E-state index contributed by atoms with van der Waals surface area (Å²) in [4.78, 5) is 44.6. The van der Waals surface area contributed by atoms with Crippen LogP contribution in [-0.2, 0) is 4.79 Å². The van der Waals surface area contributed by atoms with E-state index in [1.165, 1.54) is 0 Å². The fourth-order valence-electron chi connectivity index (χ4n) is 4.31. The summed E-state index contributed by atoms with van der Waals surface area (Å²) in [6, 6.07) is 9.39. The monoisotopic (exact) mass is 397 g/mol. The predicted molar refractivity (Wildman–Crippen MR) is 110 cm³/mol. The minimum Gasteiger partial charge on any atom is -0.341 e. The maximum absolute atomic E-state index is 13.3. The average molecular weight is 397 g/mol. The predicted octanol–water partition coefficient (Wildman–Crippen LogP) is 1.07. The van der Waals surface area contributed by atoms with E-state index in [1.807, 2.05) is 30.3 Å². The van der Waals surface area contributed by atoms with E-state index in [0.717, 1.165) is 31.5 Å². The molecule has 1 unspecified atom stereocenters. The van der Waals surface area contributed by atoms with Gasteiger partial charge in [-0.15, -0.1) is 0 Å². The van der Waals surface area contributed by atoms with Gasteiger partial charge in [0.05, 0.1) is 11.7 Å². The van der Waals surface area contributed by atoms with Gasteiger partial charge in [-0.3, -0.25) is 14.2 Å². The number of carbonyl (C=O) groups excluding carboxylic acids is 2. The Hall–Kier alpha value is -2.87. The molecule has 8 nitrogen and oxygen atoms in total. The second kappa shape index (κ2) is 8.24. The van der Waals surface area contributed by atoms with Crippen molar-refractivity contribution in [1.29, 1.82) is 0 Å². The van der Waals surface area contributed by atoms with Gasteiger partial charge in [-0.25, -0.2) is 4.79 Å². The fraction of sp³-hybridized carbons (Fsp3) is 0.476. The van der Waals surface area contributed by atoms with Gasteiger partial charge >= 0.3 is 5.69 Å². The second-order valence-electron chi connectivity index (χ2n) is 7.69. The van der Waals surface area contributed by atoms with Gasteiger partial charge in [0.25, 0.3) is 5.91 Å². The largest absolute Gasteiger partial charge is 0.341 e. The molecule has 2 amide bonds. The van der Waals surface area contributed by atoms with Crippen molar-refractivity contribution in [3.63, 3.8) is 0 Å². The Balaban J connectivity index is 1.79. The van der Waals surface area contributed by atoms with Crippen LogP contribution in [0.15, 0.2) is 35.1 Å². The first-order valence-electron chi connectivity index (χ1n) is 10.2. The van der Waals surface area contributed by atoms with E-state index in [-0.39, 0.29) is 23.5 Å². The minimum absolute atomic E-state index is 0.0108. The van der Waals surface area contributed by atoms with E-state index >= 15 is 0 Å². The molecule has 2 fully saturated rings. The summed E-state index contributed by atoms with van der Waals surface area (Å²) in [6.45, 7) is 5.46. The molecule has 154 valence electrons. The summed E-state index contributed by atoms with van der Waals surface area (Å²) in [6.07, 6.45) is 1.62. The third kappa shape index (κ3) is 3.85. The van der Waals surface area contributed by atoms with Gasteiger partial charge in [0, 0.05) is 51.8 Å². The number of piperazine rings is 1. The highest BCUT2D eigenvalue weighted by molar-refractivity contribution is 5.98. The van der Waals surface area contributed by atoms with Gasteiger partial charge in [-0.1, -0.05) is 30.3 Å². The molecule has 29 heavy (non-hydrogen) atoms. The van der Waals surface area contributed by atoms with Crippen LogP contribution in [-0.4, -0.2) is 70.4 Å². The third-order valence-electron chi connectivity index (χ3n) is 5.80. The number of carbonyl (C=O) groups is 2. The molecule has 2 aliphatic heterocycles. The van der Waals surface area contributed by atoms with E-state index < -0.39 is 0 Å². The first-order chi connectivity index (χ1) is 14.1. The summed E-state index contributed by atoms with van der Waals surface area (Å²) < 4.78 is 1.69. The number of imidazole rings is 1. The summed E-state index contributed by atoms with van der Waals surface area (Å²) in [5.41, 5.74) is 1.49. The van der Waals surface area contributed by atoms with Crippen LogP contribution in [0.1, 0.15) is 36.3 Å². The standard InChI is InChI=1S/C21H27N5O3/c1-15(27)25-11-5-8-17(14-25)26-19(16-6-3-2-4-7-16)18(23-21(26)29)20(28)24-12-9-22-10-13-24/h2-4,6-7,17,22H,5,8-14H2,1H3,(H,23,29). The number of benzene rings is 1. The zero-order chi connectivity index (χ0) is 20.4. The fourth-order valence-corrected chi connectivity index (χ4v) is 4.31. The number of nitrogens with zero attached hydrogens (tertiary/aromatic N) is 3. The number of nitrogens with one attached hydrogen (secondary N) is 2. The lowest BCUT2D eigenvalue weighted by Crippen LogP contribution is -2.46. The molecule has 3 heterocycles. The molecular weight excluding hydrogens is 370 g/mol. The molecule has 2 aromatic rings. The SMILES string of the molecule is CC(=O)N1CCCC(n2c(-c3ccccc3)c(C(=O)N3CCNCC3)[nH]c2=O)C1. The molecule has 2 saturated heterocycles. The number of hydrogen-bond acceptors (Lipinski definition) is 4. The van der Waals surface area contributed by atoms with E-state index in [2.05, 4.69) is 10.3 Å². The molecule has 2 N–H and O–H groups in total. The van der Waals surface area contributed by atoms with Crippen molar-refractivity contribution < 1.29 is 9.59 Å². The molecule has 2 aliphatic rings. The number of aromatic nitrogens is 2. The Kier molecular flexibility index (Phi) is 5.53. The molecule has 1 aromatic carbocycles. The Bertz CT molecular complexity index is 943. The van der Waals surface area contributed by atoms with Gasteiger partial charge in [-0.05, 0) is 12.8 Å². The number of aromatic amines is 1. The number of amides is 2. The quantitative estimate of drug-likeness (QED) is 0.811. The van der Waals surface area contributed by atoms with Crippen LogP contribution in [0.2, 0.25) is 0 Å². The molecule has 8 heteroatoms. The molecule has 0 aliphatic carbocycles. The summed E-state index contributed by atoms with van der Waals surface area (Å²) >= 11 is 0. The van der Waals surface area contributed by atoms with Gasteiger partial charge in [0.1, 0.15) is 5.69 Å². The summed E-state index contributed by atoms with van der Waals surface area (Å²) in [5.74, 6) is -0.142. The van der Waals surface area contributed by atoms with Crippen LogP contribution < -0.4 is 11.0 Å². The van der Waals surface area contributed by atoms with Gasteiger partial charge in [0.2, 0.25) is 5.91 Å². The van der Waals surface area contributed by atoms with Crippen molar-refractivity contribution in [2.24, 2.45) is 0 Å². The molecule has 0 saturated carbocycles. The Labute approximate surface area is 169 Å². The van der Waals surface area contributed by atoms with Gasteiger partial charge in [0.15, 0.2) is 0 Å². The smallest absolute Gasteiger partial charge is 0.326 e. The van der Waals surface area contributed by atoms with Crippen LogP contribution in [0, 0.1) is 0 Å². The highest BCUT2D eigenvalue weighted by atomic mass is 16.2. The normalized spacial score (nSPS) is 20.0. The van der Waals surface area contributed by atoms with Crippen LogP contribution in [0.4, 0.5) is 0 Å². The third-order valence-corrected chi connectivity index (χ3v) is 5.80. The lowest BCUT2D eigenvalue weighted by molar-refractivity contribution is -0.130. The zero-order valence-corrected chi connectivity index (χ0v) is 16.7. The first kappa shape index (κ1) is 19.4. The number of piperidine rings is 1. The second-order valence-corrected chi connectivity index (χ2v) is 7.69. The molecule has 0 spiro atoms. The lowest BCUT2D eigenvalue weighted by Gasteiger charge is -2.33. The number of rotatable bonds is 3. The van der Waals surface area contributed by atoms with E-state index in [0.29, 0.717) is 37.6 Å². The average Bonchev–Trinajstić information content (AvgIpc) is 3.11. The van der Waals surface area contributed by atoms with Crippen LogP contribution in [0.5, 0.6) is 0 Å². The number of H-pyrrole nitrogens is 1. The highest BCUT2D eigenvalue weighted by Crippen LogP contribution is 2.29. The topological polar surface area (TPSA) is 90.4 Å². The Morgan fingerprint density at radius 2 is 1.76 bits per heavy atom. The van der Waals surface area contributed by atoms with Crippen molar-refractivity contribution in [3.05, 3.63) is 46.5 Å². The molecular formula is C21H27N5O3.